The Balaban J connectivity index is 1.69. The molecule has 0 aliphatic heterocycles. The zero-order chi connectivity index (χ0) is 19.1. The summed E-state index contributed by atoms with van der Waals surface area (Å²) in [7, 11) is 0. The van der Waals surface area contributed by atoms with E-state index < -0.39 is 0 Å². The van der Waals surface area contributed by atoms with Crippen LogP contribution in [0.3, 0.4) is 0 Å². The van der Waals surface area contributed by atoms with E-state index >= 15 is 0 Å². The molecule has 0 fully saturated rings. The number of thiophene rings is 1. The highest BCUT2D eigenvalue weighted by atomic mass is 32.1. The monoisotopic (exact) mass is 384 g/mol. The molecule has 0 saturated carbocycles. The molecule has 5 rings (SSSR count). The van der Waals surface area contributed by atoms with Crippen molar-refractivity contribution in [1.29, 1.82) is 5.26 Å². The number of rotatable bonds is 3. The van der Waals surface area contributed by atoms with E-state index in [-0.39, 0.29) is 0 Å². The molecule has 1 aliphatic rings. The van der Waals surface area contributed by atoms with Crippen molar-refractivity contribution >= 4 is 21.6 Å². The van der Waals surface area contributed by atoms with Crippen molar-refractivity contribution in [1.82, 2.24) is 15.0 Å². The summed E-state index contributed by atoms with van der Waals surface area (Å²) in [6.45, 7) is 1.94. The topological polar surface area (TPSA) is 71.7 Å². The van der Waals surface area contributed by atoms with Crippen molar-refractivity contribution in [3.8, 4) is 29.1 Å². The Labute approximate surface area is 166 Å². The molecule has 0 saturated heterocycles. The van der Waals surface area contributed by atoms with Gasteiger partial charge < -0.3 is 4.74 Å². The van der Waals surface area contributed by atoms with Crippen LogP contribution in [0.25, 0.3) is 21.6 Å². The molecular weight excluding hydrogens is 368 g/mol. The van der Waals surface area contributed by atoms with Gasteiger partial charge in [0.2, 0.25) is 5.88 Å². The minimum atomic E-state index is 0.580. The van der Waals surface area contributed by atoms with Crippen LogP contribution in [0.2, 0.25) is 0 Å². The van der Waals surface area contributed by atoms with Gasteiger partial charge in [-0.05, 0) is 67.6 Å². The largest absolute Gasteiger partial charge is 0.438 e. The van der Waals surface area contributed by atoms with E-state index in [1.165, 1.54) is 10.4 Å². The molecule has 3 aromatic heterocycles. The predicted molar refractivity (Wildman–Crippen MR) is 109 cm³/mol. The lowest BCUT2D eigenvalue weighted by molar-refractivity contribution is 0.465. The van der Waals surface area contributed by atoms with Crippen molar-refractivity contribution in [2.45, 2.75) is 26.2 Å². The van der Waals surface area contributed by atoms with Crippen LogP contribution >= 0.6 is 11.3 Å². The van der Waals surface area contributed by atoms with Crippen LogP contribution in [-0.4, -0.2) is 15.0 Å². The highest BCUT2D eigenvalue weighted by Crippen LogP contribution is 2.42. The van der Waals surface area contributed by atoms with Crippen LogP contribution < -0.4 is 4.74 Å². The summed E-state index contributed by atoms with van der Waals surface area (Å²) in [4.78, 5) is 16.1. The molecule has 0 atom stereocenters. The van der Waals surface area contributed by atoms with Crippen LogP contribution in [0.1, 0.15) is 28.0 Å². The number of nitriles is 1. The maximum absolute atomic E-state index is 9.11. The Morgan fingerprint density at radius 1 is 1.18 bits per heavy atom. The molecule has 0 bridgehead atoms. The van der Waals surface area contributed by atoms with Gasteiger partial charge >= 0.3 is 0 Å². The maximum Gasteiger partial charge on any atom is 0.231 e. The van der Waals surface area contributed by atoms with E-state index in [0.29, 0.717) is 23.0 Å². The molecule has 28 heavy (non-hydrogen) atoms. The molecule has 4 aromatic rings. The fourth-order valence-corrected chi connectivity index (χ4v) is 4.85. The van der Waals surface area contributed by atoms with Gasteiger partial charge in [0.05, 0.1) is 17.0 Å². The van der Waals surface area contributed by atoms with E-state index in [4.69, 9.17) is 20.0 Å². The fourth-order valence-electron chi connectivity index (χ4n) is 3.60. The van der Waals surface area contributed by atoms with Crippen molar-refractivity contribution in [2.75, 3.05) is 0 Å². The lowest BCUT2D eigenvalue weighted by Gasteiger charge is -2.11. The first-order valence-electron chi connectivity index (χ1n) is 9.14. The molecule has 6 heteroatoms. The number of benzene rings is 1. The van der Waals surface area contributed by atoms with E-state index in [9.17, 15) is 0 Å². The summed E-state index contributed by atoms with van der Waals surface area (Å²) in [6.07, 6.45) is 6.79. The molecule has 0 N–H and O–H groups in total. The first-order valence-corrected chi connectivity index (χ1v) is 9.96. The van der Waals surface area contributed by atoms with Gasteiger partial charge in [0, 0.05) is 22.8 Å². The summed E-state index contributed by atoms with van der Waals surface area (Å²) in [5, 5.41) is 10.1. The summed E-state index contributed by atoms with van der Waals surface area (Å²) >= 11 is 1.74. The highest BCUT2D eigenvalue weighted by Gasteiger charge is 2.24. The summed E-state index contributed by atoms with van der Waals surface area (Å²) in [5.74, 6) is 1.90. The minimum Gasteiger partial charge on any atom is -0.438 e. The van der Waals surface area contributed by atoms with E-state index in [0.717, 1.165) is 40.6 Å². The number of aromatic nitrogens is 3. The molecule has 0 amide bonds. The van der Waals surface area contributed by atoms with Crippen molar-refractivity contribution in [2.24, 2.45) is 0 Å². The standard InChI is InChI=1S/C22H16N4OS/c1-13-10-14(11-23)7-8-17(13)27-21-19-16-5-2-6-18(16)28-22(19)26-20(25-21)15-4-3-9-24-12-15/h3-4,7-10,12H,2,5-6H2,1H3. The number of ether oxygens (including phenoxy) is 1. The fraction of sp³-hybridized carbons (Fsp3) is 0.182. The maximum atomic E-state index is 9.11. The van der Waals surface area contributed by atoms with Crippen LogP contribution in [0.15, 0.2) is 42.7 Å². The van der Waals surface area contributed by atoms with Crippen LogP contribution in [0.4, 0.5) is 0 Å². The molecule has 136 valence electrons. The molecular formula is C22H16N4OS. The molecule has 5 nitrogen and oxygen atoms in total. The molecule has 0 spiro atoms. The first kappa shape index (κ1) is 16.8. The van der Waals surface area contributed by atoms with Gasteiger partial charge in [0.15, 0.2) is 5.82 Å². The Hall–Kier alpha value is -3.30. The van der Waals surface area contributed by atoms with Gasteiger partial charge in [-0.25, -0.2) is 4.98 Å². The Kier molecular flexibility index (Phi) is 4.03. The second kappa shape index (κ2) is 6.70. The lowest BCUT2D eigenvalue weighted by atomic mass is 10.1. The van der Waals surface area contributed by atoms with Crippen LogP contribution in [0.5, 0.6) is 11.6 Å². The normalized spacial score (nSPS) is 12.7. The van der Waals surface area contributed by atoms with Gasteiger partial charge in [-0.3, -0.25) is 4.98 Å². The third kappa shape index (κ3) is 2.81. The van der Waals surface area contributed by atoms with Gasteiger partial charge in [-0.2, -0.15) is 10.2 Å². The summed E-state index contributed by atoms with van der Waals surface area (Å²) < 4.78 is 6.29. The van der Waals surface area contributed by atoms with Gasteiger partial charge in [0.25, 0.3) is 0 Å². The van der Waals surface area contributed by atoms with Crippen LogP contribution in [0, 0.1) is 18.3 Å². The average Bonchev–Trinajstić information content (AvgIpc) is 3.31. The second-order valence-corrected chi connectivity index (χ2v) is 7.91. The number of nitrogens with zero attached hydrogens (tertiary/aromatic N) is 4. The third-order valence-electron chi connectivity index (χ3n) is 4.96. The molecule has 0 unspecified atom stereocenters. The van der Waals surface area contributed by atoms with E-state index in [2.05, 4.69) is 11.1 Å². The Bertz CT molecular complexity index is 1240. The molecule has 1 aromatic carbocycles. The van der Waals surface area contributed by atoms with Gasteiger partial charge in [0.1, 0.15) is 10.6 Å². The first-order chi connectivity index (χ1) is 13.7. The number of aryl methyl sites for hydroxylation is 3. The zero-order valence-electron chi connectivity index (χ0n) is 15.3. The smallest absolute Gasteiger partial charge is 0.231 e. The zero-order valence-corrected chi connectivity index (χ0v) is 16.1. The van der Waals surface area contributed by atoms with Gasteiger partial charge in [-0.15, -0.1) is 11.3 Å². The minimum absolute atomic E-state index is 0.580. The lowest BCUT2D eigenvalue weighted by Crippen LogP contribution is -1.97. The quantitative estimate of drug-likeness (QED) is 0.484. The third-order valence-corrected chi connectivity index (χ3v) is 6.15. The van der Waals surface area contributed by atoms with Crippen molar-refractivity contribution in [3.63, 3.8) is 0 Å². The number of pyridine rings is 1. The second-order valence-electron chi connectivity index (χ2n) is 6.83. The number of hydrogen-bond acceptors (Lipinski definition) is 6. The predicted octanol–water partition coefficient (Wildman–Crippen LogP) is 5.21. The molecule has 0 radical (unpaired) electrons. The van der Waals surface area contributed by atoms with E-state index in [1.807, 2.05) is 31.2 Å². The Morgan fingerprint density at radius 2 is 2.11 bits per heavy atom. The van der Waals surface area contributed by atoms with E-state index in [1.54, 1.807) is 29.8 Å². The van der Waals surface area contributed by atoms with Crippen molar-refractivity contribution < 1.29 is 4.74 Å². The molecule has 1 aliphatic carbocycles. The average molecular weight is 384 g/mol. The SMILES string of the molecule is Cc1cc(C#N)ccc1Oc1nc(-c2cccnc2)nc2sc3c(c12)CCC3. The highest BCUT2D eigenvalue weighted by molar-refractivity contribution is 7.19. The Morgan fingerprint density at radius 3 is 2.89 bits per heavy atom. The van der Waals surface area contributed by atoms with Crippen LogP contribution in [-0.2, 0) is 12.8 Å². The number of hydrogen-bond donors (Lipinski definition) is 0. The number of fused-ring (bicyclic) bond motifs is 3. The van der Waals surface area contributed by atoms with Gasteiger partial charge in [-0.1, -0.05) is 0 Å². The summed E-state index contributed by atoms with van der Waals surface area (Å²) in [5.41, 5.74) is 3.70. The van der Waals surface area contributed by atoms with Crippen molar-refractivity contribution in [3.05, 3.63) is 64.3 Å². The summed E-state index contributed by atoms with van der Waals surface area (Å²) in [6, 6.07) is 11.4. The molecule has 3 heterocycles.